The molecule has 1 aliphatic heterocycles. The predicted octanol–water partition coefficient (Wildman–Crippen LogP) is 5.06. The minimum Gasteiger partial charge on any atom is -0.495 e. The zero-order valence-corrected chi connectivity index (χ0v) is 19.2. The second-order valence-electron chi connectivity index (χ2n) is 7.10. The molecule has 0 spiro atoms. The van der Waals surface area contributed by atoms with Gasteiger partial charge in [0.25, 0.3) is 0 Å². The first-order valence-electron chi connectivity index (χ1n) is 9.36. The van der Waals surface area contributed by atoms with Crippen LogP contribution in [-0.4, -0.2) is 43.3 Å². The summed E-state index contributed by atoms with van der Waals surface area (Å²) in [6, 6.07) is 7.79. The quantitative estimate of drug-likeness (QED) is 0.544. The highest BCUT2D eigenvalue weighted by Gasteiger charge is 2.24. The van der Waals surface area contributed by atoms with E-state index in [2.05, 4.69) is 22.5 Å². The maximum atomic E-state index is 6.61. The summed E-state index contributed by atoms with van der Waals surface area (Å²) in [4.78, 5) is 9.24. The summed E-state index contributed by atoms with van der Waals surface area (Å²) in [5.74, 6) is 2.10. The zero-order valence-electron chi connectivity index (χ0n) is 16.8. The highest BCUT2D eigenvalue weighted by molar-refractivity contribution is 6.41. The Labute approximate surface area is 191 Å². The Morgan fingerprint density at radius 1 is 1.10 bits per heavy atom. The van der Waals surface area contributed by atoms with Gasteiger partial charge in [0.15, 0.2) is 0 Å². The molecule has 3 aromatic rings. The summed E-state index contributed by atoms with van der Waals surface area (Å²) in [5.41, 5.74) is 2.25. The summed E-state index contributed by atoms with van der Waals surface area (Å²) in [7, 11) is 3.11. The lowest BCUT2D eigenvalue weighted by molar-refractivity contribution is 0.395. The largest absolute Gasteiger partial charge is 0.495 e. The number of anilines is 1. The smallest absolute Gasteiger partial charge is 0.223 e. The van der Waals surface area contributed by atoms with Gasteiger partial charge in [0.2, 0.25) is 5.95 Å². The fourth-order valence-electron chi connectivity index (χ4n) is 3.63. The average molecular weight is 470 g/mol. The Hall–Kier alpha value is -1.99. The van der Waals surface area contributed by atoms with Gasteiger partial charge in [-0.3, -0.25) is 0 Å². The third kappa shape index (κ3) is 4.10. The Kier molecular flexibility index (Phi) is 7.14. The van der Waals surface area contributed by atoms with Gasteiger partial charge in [0.05, 0.1) is 29.8 Å². The number of ether oxygens (including phenoxy) is 2. The molecule has 6 nitrogen and oxygen atoms in total. The molecular formula is C21H23Cl3N4O2. The molecule has 1 aliphatic rings. The highest BCUT2D eigenvalue weighted by Crippen LogP contribution is 2.47. The summed E-state index contributed by atoms with van der Waals surface area (Å²) in [6.45, 7) is 4.10. The Morgan fingerprint density at radius 3 is 2.40 bits per heavy atom. The number of nitrogens with zero attached hydrogens (tertiary/aromatic N) is 2. The Bertz CT molecular complexity index is 1040. The molecular weight excluding hydrogens is 447 g/mol. The fourth-order valence-corrected chi connectivity index (χ4v) is 4.34. The van der Waals surface area contributed by atoms with E-state index < -0.39 is 0 Å². The number of methoxy groups -OCH3 is 2. The van der Waals surface area contributed by atoms with Crippen molar-refractivity contribution >= 4 is 52.5 Å². The van der Waals surface area contributed by atoms with Gasteiger partial charge in [0.1, 0.15) is 11.5 Å². The van der Waals surface area contributed by atoms with Gasteiger partial charge in [-0.25, -0.2) is 9.97 Å². The topological polar surface area (TPSA) is 68.3 Å². The lowest BCUT2D eigenvalue weighted by atomic mass is 10.0. The van der Waals surface area contributed by atoms with Crippen molar-refractivity contribution in [2.45, 2.75) is 13.0 Å². The van der Waals surface area contributed by atoms with Crippen LogP contribution in [0.5, 0.6) is 11.5 Å². The van der Waals surface area contributed by atoms with E-state index in [1.165, 1.54) is 0 Å². The second kappa shape index (κ2) is 9.43. The number of aromatic nitrogens is 2. The third-order valence-electron chi connectivity index (χ3n) is 5.30. The molecule has 2 atom stereocenters. The molecule has 9 heteroatoms. The van der Waals surface area contributed by atoms with E-state index >= 15 is 0 Å². The number of fused-ring (bicyclic) bond motifs is 1. The van der Waals surface area contributed by atoms with Crippen LogP contribution >= 0.6 is 35.6 Å². The van der Waals surface area contributed by atoms with Gasteiger partial charge in [-0.15, -0.1) is 12.4 Å². The van der Waals surface area contributed by atoms with Gasteiger partial charge in [-0.05, 0) is 24.1 Å². The van der Waals surface area contributed by atoms with Crippen LogP contribution in [0.2, 0.25) is 10.0 Å². The van der Waals surface area contributed by atoms with E-state index in [0.29, 0.717) is 45.0 Å². The first-order chi connectivity index (χ1) is 14.0. The standard InChI is InChI=1S/C21H22Cl2N4O2.ClH/c1-11-8-24-10-15(11)27-21-25-9-13-12(5-4-6-14(13)26-21)18-19(22)16(28-2)7-17(29-3)20(18)23;/h4-7,9,11,15,24H,8,10H2,1-3H3,(H,25,26,27);1H/t11-,15-;/m1./s1. The van der Waals surface area contributed by atoms with Crippen LogP contribution in [-0.2, 0) is 0 Å². The van der Waals surface area contributed by atoms with Crippen LogP contribution < -0.4 is 20.1 Å². The van der Waals surface area contributed by atoms with Crippen molar-refractivity contribution in [3.05, 3.63) is 40.5 Å². The molecule has 1 saturated heterocycles. The maximum absolute atomic E-state index is 6.61. The molecule has 160 valence electrons. The van der Waals surface area contributed by atoms with Crippen LogP contribution in [0.25, 0.3) is 22.0 Å². The first-order valence-corrected chi connectivity index (χ1v) is 10.1. The van der Waals surface area contributed by atoms with Crippen molar-refractivity contribution in [3.8, 4) is 22.6 Å². The van der Waals surface area contributed by atoms with E-state index in [1.807, 2.05) is 18.2 Å². The van der Waals surface area contributed by atoms with Crippen molar-refractivity contribution in [1.29, 1.82) is 0 Å². The summed E-state index contributed by atoms with van der Waals surface area (Å²) < 4.78 is 10.8. The molecule has 1 aromatic heterocycles. The predicted molar refractivity (Wildman–Crippen MR) is 125 cm³/mol. The number of hydrogen-bond donors (Lipinski definition) is 2. The number of halogens is 3. The van der Waals surface area contributed by atoms with Gasteiger partial charge in [0, 0.05) is 35.8 Å². The van der Waals surface area contributed by atoms with E-state index in [4.69, 9.17) is 37.7 Å². The van der Waals surface area contributed by atoms with Gasteiger partial charge >= 0.3 is 0 Å². The molecule has 4 rings (SSSR count). The van der Waals surface area contributed by atoms with Crippen molar-refractivity contribution < 1.29 is 9.47 Å². The number of hydrogen-bond acceptors (Lipinski definition) is 6. The number of benzene rings is 2. The molecule has 1 fully saturated rings. The summed E-state index contributed by atoms with van der Waals surface area (Å²) >= 11 is 13.2. The molecule has 0 aliphatic carbocycles. The molecule has 2 heterocycles. The van der Waals surface area contributed by atoms with Crippen molar-refractivity contribution in [1.82, 2.24) is 15.3 Å². The van der Waals surface area contributed by atoms with Crippen molar-refractivity contribution in [3.63, 3.8) is 0 Å². The lowest BCUT2D eigenvalue weighted by Crippen LogP contribution is -2.27. The fraction of sp³-hybridized carbons (Fsp3) is 0.333. The highest BCUT2D eigenvalue weighted by atomic mass is 35.5. The van der Waals surface area contributed by atoms with Crippen LogP contribution in [0.3, 0.4) is 0 Å². The van der Waals surface area contributed by atoms with E-state index in [0.717, 1.165) is 29.6 Å². The van der Waals surface area contributed by atoms with Crippen LogP contribution in [0.1, 0.15) is 6.92 Å². The van der Waals surface area contributed by atoms with Crippen LogP contribution in [0, 0.1) is 5.92 Å². The molecule has 30 heavy (non-hydrogen) atoms. The normalized spacial score (nSPS) is 18.2. The monoisotopic (exact) mass is 468 g/mol. The van der Waals surface area contributed by atoms with Crippen molar-refractivity contribution in [2.24, 2.45) is 5.92 Å². The van der Waals surface area contributed by atoms with E-state index in [9.17, 15) is 0 Å². The minimum absolute atomic E-state index is 0. The van der Waals surface area contributed by atoms with E-state index in [1.54, 1.807) is 26.5 Å². The van der Waals surface area contributed by atoms with Gasteiger partial charge in [-0.1, -0.05) is 42.3 Å². The number of nitrogens with one attached hydrogen (secondary N) is 2. The molecule has 0 amide bonds. The second-order valence-corrected chi connectivity index (χ2v) is 7.86. The van der Waals surface area contributed by atoms with Gasteiger partial charge in [-0.2, -0.15) is 0 Å². The number of rotatable bonds is 5. The molecule has 0 unspecified atom stereocenters. The molecule has 2 aromatic carbocycles. The van der Waals surface area contributed by atoms with Crippen molar-refractivity contribution in [2.75, 3.05) is 32.6 Å². The van der Waals surface area contributed by atoms with Gasteiger partial charge < -0.3 is 20.1 Å². The minimum atomic E-state index is 0. The summed E-state index contributed by atoms with van der Waals surface area (Å²) in [5, 5.41) is 8.47. The molecule has 2 N–H and O–H groups in total. The van der Waals surface area contributed by atoms with Crippen LogP contribution in [0.4, 0.5) is 5.95 Å². The Balaban J connectivity index is 0.00000256. The average Bonchev–Trinajstić information content (AvgIpc) is 3.12. The van der Waals surface area contributed by atoms with E-state index in [-0.39, 0.29) is 12.4 Å². The molecule has 0 radical (unpaired) electrons. The van der Waals surface area contributed by atoms with Crippen LogP contribution in [0.15, 0.2) is 30.5 Å². The molecule has 0 saturated carbocycles. The molecule has 0 bridgehead atoms. The zero-order chi connectivity index (χ0) is 20.5. The SMILES string of the molecule is COc1cc(OC)c(Cl)c(-c2cccc3nc(N[C@@H]4CNC[C@H]4C)ncc23)c1Cl.Cl. The third-order valence-corrected chi connectivity index (χ3v) is 6.05. The maximum Gasteiger partial charge on any atom is 0.223 e. The lowest BCUT2D eigenvalue weighted by Gasteiger charge is -2.18. The first kappa shape index (κ1) is 22.7. The summed E-state index contributed by atoms with van der Waals surface area (Å²) in [6.07, 6.45) is 1.80. The Morgan fingerprint density at radius 2 is 1.80 bits per heavy atom.